The van der Waals surface area contributed by atoms with Gasteiger partial charge in [0.15, 0.2) is 0 Å². The van der Waals surface area contributed by atoms with Crippen molar-refractivity contribution in [2.75, 3.05) is 44.3 Å². The first-order valence-electron chi connectivity index (χ1n) is 10.7. The van der Waals surface area contributed by atoms with E-state index in [0.717, 1.165) is 0 Å². The van der Waals surface area contributed by atoms with Gasteiger partial charge in [-0.15, -0.1) is 4.31 Å². The standard InChI is InChI=1S/C22H32N4O4S/c1-5-29-16-18(4)30-21-20(24-11-13-25(14-12-24)31(28)17(2)3)15-23-26(22(21)27)19-9-7-6-8-10-19/h6-10,15,17-18H,5,11-14,16H2,1-4H3. The molecule has 0 saturated carbocycles. The maximum absolute atomic E-state index is 13.4. The van der Waals surface area contributed by atoms with Crippen molar-refractivity contribution in [2.24, 2.45) is 0 Å². The quantitative estimate of drug-likeness (QED) is 0.544. The SMILES string of the molecule is CCOCC(C)Oc1c(N2CCN([S+]([O-])C(C)C)CC2)cnn(-c2ccccc2)c1=O. The second-order valence-corrected chi connectivity index (χ2v) is 9.75. The molecule has 2 heterocycles. The first-order chi connectivity index (χ1) is 14.9. The van der Waals surface area contributed by atoms with Gasteiger partial charge in [0, 0.05) is 31.1 Å². The fourth-order valence-electron chi connectivity index (χ4n) is 3.44. The summed E-state index contributed by atoms with van der Waals surface area (Å²) in [6.07, 6.45) is 1.40. The molecule has 0 aliphatic carbocycles. The van der Waals surface area contributed by atoms with Gasteiger partial charge >= 0.3 is 5.56 Å². The fourth-order valence-corrected chi connectivity index (χ4v) is 4.56. The monoisotopic (exact) mass is 448 g/mol. The lowest BCUT2D eigenvalue weighted by molar-refractivity contribution is 0.0648. The smallest absolute Gasteiger partial charge is 0.316 e. The maximum Gasteiger partial charge on any atom is 0.316 e. The average molecular weight is 449 g/mol. The molecule has 2 unspecified atom stereocenters. The summed E-state index contributed by atoms with van der Waals surface area (Å²) in [5.41, 5.74) is 1.04. The van der Waals surface area contributed by atoms with Crippen LogP contribution in [0.4, 0.5) is 5.69 Å². The second-order valence-electron chi connectivity index (χ2n) is 7.74. The lowest BCUT2D eigenvalue weighted by Gasteiger charge is -2.37. The minimum absolute atomic E-state index is 0.0846. The third-order valence-electron chi connectivity index (χ3n) is 5.03. The second kappa shape index (κ2) is 11.0. The highest BCUT2D eigenvalue weighted by molar-refractivity contribution is 7.89. The summed E-state index contributed by atoms with van der Waals surface area (Å²) in [6.45, 7) is 11.3. The molecule has 1 aliphatic heterocycles. The van der Waals surface area contributed by atoms with Gasteiger partial charge in [0.25, 0.3) is 0 Å². The average Bonchev–Trinajstić information content (AvgIpc) is 2.79. The molecule has 0 spiro atoms. The van der Waals surface area contributed by atoms with Crippen molar-refractivity contribution < 1.29 is 14.0 Å². The minimum Gasteiger partial charge on any atom is -0.598 e. The number of anilines is 1. The summed E-state index contributed by atoms with van der Waals surface area (Å²) in [5, 5.41) is 4.50. The number of ether oxygens (including phenoxy) is 2. The molecule has 31 heavy (non-hydrogen) atoms. The molecule has 3 rings (SSSR count). The summed E-state index contributed by atoms with van der Waals surface area (Å²) in [6, 6.07) is 9.29. The third kappa shape index (κ3) is 5.79. The van der Waals surface area contributed by atoms with Crippen molar-refractivity contribution in [3.05, 3.63) is 46.9 Å². The van der Waals surface area contributed by atoms with E-state index in [1.165, 1.54) is 4.68 Å². The summed E-state index contributed by atoms with van der Waals surface area (Å²) in [4.78, 5) is 15.4. The van der Waals surface area contributed by atoms with Gasteiger partial charge in [-0.05, 0) is 39.8 Å². The lowest BCUT2D eigenvalue weighted by Crippen LogP contribution is -2.50. The molecule has 2 atom stereocenters. The first-order valence-corrected chi connectivity index (χ1v) is 11.9. The number of aromatic nitrogens is 2. The van der Waals surface area contributed by atoms with Gasteiger partial charge in [-0.3, -0.25) is 4.79 Å². The van der Waals surface area contributed by atoms with E-state index in [4.69, 9.17) is 9.47 Å². The Morgan fingerprint density at radius 1 is 1.13 bits per heavy atom. The van der Waals surface area contributed by atoms with Crippen LogP contribution in [0, 0.1) is 0 Å². The Bertz CT molecular complexity index is 885. The predicted octanol–water partition coefficient (Wildman–Crippen LogP) is 2.23. The Morgan fingerprint density at radius 2 is 1.81 bits per heavy atom. The van der Waals surface area contributed by atoms with Crippen LogP contribution in [0.3, 0.4) is 0 Å². The molecule has 1 aliphatic rings. The first kappa shape index (κ1) is 23.6. The highest BCUT2D eigenvalue weighted by atomic mass is 32.2. The molecule has 2 aromatic rings. The molecule has 9 heteroatoms. The fraction of sp³-hybridized carbons (Fsp3) is 0.545. The number of piperazine rings is 1. The zero-order valence-corrected chi connectivity index (χ0v) is 19.5. The summed E-state index contributed by atoms with van der Waals surface area (Å²) in [5.74, 6) is 0.268. The summed E-state index contributed by atoms with van der Waals surface area (Å²) < 4.78 is 27.3. The van der Waals surface area contributed by atoms with Crippen LogP contribution in [0.1, 0.15) is 27.7 Å². The Hall–Kier alpha value is -2.07. The lowest BCUT2D eigenvalue weighted by atomic mass is 10.3. The number of hydrogen-bond acceptors (Lipinski definition) is 7. The molecule has 8 nitrogen and oxygen atoms in total. The molecule has 0 amide bonds. The van der Waals surface area contributed by atoms with Crippen molar-refractivity contribution in [3.63, 3.8) is 0 Å². The van der Waals surface area contributed by atoms with Crippen molar-refractivity contribution in [1.29, 1.82) is 0 Å². The van der Waals surface area contributed by atoms with E-state index >= 15 is 0 Å². The van der Waals surface area contributed by atoms with E-state index in [1.807, 2.05) is 62.3 Å². The van der Waals surface area contributed by atoms with Gasteiger partial charge in [0.2, 0.25) is 5.75 Å². The summed E-state index contributed by atoms with van der Waals surface area (Å²) in [7, 11) is 0. The predicted molar refractivity (Wildman–Crippen MR) is 123 cm³/mol. The number of nitrogens with zero attached hydrogens (tertiary/aromatic N) is 4. The molecule has 1 fully saturated rings. The number of hydrogen-bond donors (Lipinski definition) is 0. The van der Waals surface area contributed by atoms with Crippen LogP contribution in [-0.2, 0) is 16.1 Å². The van der Waals surface area contributed by atoms with Crippen LogP contribution < -0.4 is 15.2 Å². The molecule has 170 valence electrons. The number of benzene rings is 1. The zero-order valence-electron chi connectivity index (χ0n) is 18.7. The Kier molecular flexibility index (Phi) is 8.36. The highest BCUT2D eigenvalue weighted by Gasteiger charge is 2.30. The molecular weight excluding hydrogens is 416 g/mol. The van der Waals surface area contributed by atoms with Gasteiger partial charge in [0.05, 0.1) is 31.6 Å². The van der Waals surface area contributed by atoms with E-state index in [9.17, 15) is 9.35 Å². The molecule has 0 N–H and O–H groups in total. The largest absolute Gasteiger partial charge is 0.598 e. The molecule has 0 radical (unpaired) electrons. The Morgan fingerprint density at radius 3 is 2.42 bits per heavy atom. The van der Waals surface area contributed by atoms with Crippen LogP contribution >= 0.6 is 0 Å². The molecule has 1 saturated heterocycles. The number of para-hydroxylation sites is 1. The Labute approximate surface area is 187 Å². The molecular formula is C22H32N4O4S. The molecule has 1 aromatic carbocycles. The normalized spacial score (nSPS) is 17.0. The van der Waals surface area contributed by atoms with Crippen molar-refractivity contribution in [3.8, 4) is 11.4 Å². The van der Waals surface area contributed by atoms with Crippen LogP contribution in [0.25, 0.3) is 5.69 Å². The topological polar surface area (TPSA) is 82.9 Å². The van der Waals surface area contributed by atoms with Gasteiger partial charge in [0.1, 0.15) is 17.0 Å². The van der Waals surface area contributed by atoms with Crippen LogP contribution in [-0.4, -0.2) is 69.4 Å². The van der Waals surface area contributed by atoms with E-state index in [1.54, 1.807) is 6.20 Å². The summed E-state index contributed by atoms with van der Waals surface area (Å²) >= 11 is -1.00. The van der Waals surface area contributed by atoms with Crippen molar-refractivity contribution in [2.45, 2.75) is 39.0 Å². The van der Waals surface area contributed by atoms with E-state index in [-0.39, 0.29) is 22.7 Å². The third-order valence-corrected chi connectivity index (χ3v) is 6.71. The van der Waals surface area contributed by atoms with Crippen molar-refractivity contribution >= 4 is 17.0 Å². The van der Waals surface area contributed by atoms with E-state index in [0.29, 0.717) is 50.8 Å². The van der Waals surface area contributed by atoms with Crippen LogP contribution in [0.5, 0.6) is 5.75 Å². The van der Waals surface area contributed by atoms with Crippen LogP contribution in [0.15, 0.2) is 41.3 Å². The minimum atomic E-state index is -1.00. The molecule has 1 aromatic heterocycles. The van der Waals surface area contributed by atoms with E-state index < -0.39 is 11.4 Å². The van der Waals surface area contributed by atoms with Gasteiger partial charge in [-0.25, -0.2) is 0 Å². The van der Waals surface area contributed by atoms with Crippen molar-refractivity contribution in [1.82, 2.24) is 14.1 Å². The number of rotatable bonds is 9. The maximum atomic E-state index is 13.4. The molecule has 0 bridgehead atoms. The van der Waals surface area contributed by atoms with E-state index in [2.05, 4.69) is 10.00 Å². The zero-order chi connectivity index (χ0) is 22.4. The van der Waals surface area contributed by atoms with Crippen LogP contribution in [0.2, 0.25) is 0 Å². The highest BCUT2D eigenvalue weighted by Crippen LogP contribution is 2.27. The van der Waals surface area contributed by atoms with Gasteiger partial charge < -0.3 is 18.9 Å². The van der Waals surface area contributed by atoms with Gasteiger partial charge in [-0.1, -0.05) is 18.2 Å². The van der Waals surface area contributed by atoms with Gasteiger partial charge in [-0.2, -0.15) is 9.78 Å². The Balaban J connectivity index is 1.89.